The van der Waals surface area contributed by atoms with Gasteiger partial charge in [-0.15, -0.1) is 6.07 Å². The van der Waals surface area contributed by atoms with Crippen LogP contribution in [0.5, 0.6) is 0 Å². The molecule has 0 fully saturated rings. The van der Waals surface area contributed by atoms with E-state index in [1.54, 1.807) is 0 Å². The first-order valence-electron chi connectivity index (χ1n) is 2.18. The second-order valence-electron chi connectivity index (χ2n) is 1.39. The van der Waals surface area contributed by atoms with Crippen LogP contribution in [0.25, 0.3) is 0 Å². The van der Waals surface area contributed by atoms with Crippen LogP contribution in [0.2, 0.25) is 0 Å². The Balaban J connectivity index is -0.000000163. The van der Waals surface area contributed by atoms with Crippen molar-refractivity contribution in [3.8, 4) is 0 Å². The van der Waals surface area contributed by atoms with E-state index in [1.165, 1.54) is 0 Å². The van der Waals surface area contributed by atoms with E-state index in [9.17, 15) is 0 Å². The van der Waals surface area contributed by atoms with Gasteiger partial charge in [-0.25, -0.2) is 0 Å². The number of benzene rings is 1. The quantitative estimate of drug-likeness (QED) is 0.374. The molecule has 0 saturated carbocycles. The average molecular weight is 655 g/mol. The van der Waals surface area contributed by atoms with Crippen LogP contribution < -0.4 is 0 Å². The molecule has 0 spiro atoms. The van der Waals surface area contributed by atoms with Crippen LogP contribution in [0.4, 0.5) is 0 Å². The van der Waals surface area contributed by atoms with Gasteiger partial charge in [0.15, 0.2) is 0 Å². The van der Waals surface area contributed by atoms with Gasteiger partial charge in [0, 0.05) is 94.9 Å². The maximum absolute atomic E-state index is 3.66. The Bertz CT molecular complexity index is 142. The zero-order valence-electron chi connectivity index (χ0n) is 5.59. The molecular weight excluding hydrogens is 649 g/mol. The normalized spacial score (nSPS) is 6.00. The summed E-state index contributed by atoms with van der Waals surface area (Å²) in [5, 5.41) is 0. The fourth-order valence-electron chi connectivity index (χ4n) is 0.431. The van der Waals surface area contributed by atoms with E-state index < -0.39 is 0 Å². The molecule has 10 heavy (non-hydrogen) atoms. The van der Waals surface area contributed by atoms with Gasteiger partial charge in [0.1, 0.15) is 0 Å². The minimum atomic E-state index is 0. The molecule has 0 aromatic heterocycles. The molecule has 0 heterocycles. The zero-order valence-corrected chi connectivity index (χ0v) is 16.8. The molecule has 47 valence electrons. The van der Waals surface area contributed by atoms with E-state index in [4.69, 9.17) is 0 Å². The molecule has 0 saturated heterocycles. The summed E-state index contributed by atoms with van der Waals surface area (Å²) in [4.78, 5) is 0. The summed E-state index contributed by atoms with van der Waals surface area (Å²) < 4.78 is 0. The van der Waals surface area contributed by atoms with Gasteiger partial charge in [0.25, 0.3) is 0 Å². The second-order valence-corrected chi connectivity index (χ2v) is 1.39. The molecule has 0 amide bonds. The van der Waals surface area contributed by atoms with Gasteiger partial charge < -0.3 is 18.6 Å². The van der Waals surface area contributed by atoms with Gasteiger partial charge in [-0.3, -0.25) is 6.07 Å². The van der Waals surface area contributed by atoms with Crippen LogP contribution >= 0.6 is 0 Å². The Morgan fingerprint density at radius 3 is 2.00 bits per heavy atom. The summed E-state index contributed by atoms with van der Waals surface area (Å²) in [5.41, 5.74) is 0.947. The van der Waals surface area contributed by atoms with Crippen molar-refractivity contribution in [2.24, 2.45) is 0 Å². The van der Waals surface area contributed by atoms with E-state index >= 15 is 0 Å². The Hall–Kier alpha value is 2.30. The summed E-state index contributed by atoms with van der Waals surface area (Å²) in [5.74, 6) is 0. The van der Waals surface area contributed by atoms with E-state index in [1.807, 2.05) is 24.3 Å². The Labute approximate surface area is 135 Å². The maximum atomic E-state index is 3.66. The molecule has 0 aliphatic heterocycles. The largest absolute Gasteiger partial charge is 0.374 e. The molecule has 1 aromatic rings. The SMILES string of the molecule is [CH2-]c1[c-]cccc1.[U].[U].[Y]. The van der Waals surface area contributed by atoms with Crippen molar-refractivity contribution < 1.29 is 94.9 Å². The summed E-state index contributed by atoms with van der Waals surface area (Å²) in [6, 6.07) is 10.6. The predicted molar refractivity (Wildman–Crippen MR) is 29.7 cm³/mol. The number of hydrogen-bond acceptors (Lipinski definition) is 0. The van der Waals surface area contributed by atoms with E-state index in [2.05, 4.69) is 13.0 Å². The molecule has 1 rings (SSSR count). The summed E-state index contributed by atoms with van der Waals surface area (Å²) in [6.07, 6.45) is 0. The van der Waals surface area contributed by atoms with E-state index in [0.29, 0.717) is 0 Å². The molecular formula is C7H6U2Y-2. The van der Waals surface area contributed by atoms with Crippen molar-refractivity contribution in [2.75, 3.05) is 0 Å². The third kappa shape index (κ3) is 8.39. The fraction of sp³-hybridized carbons (Fsp3) is 0. The zero-order chi connectivity index (χ0) is 5.11. The van der Waals surface area contributed by atoms with Gasteiger partial charge in [-0.1, -0.05) is 0 Å². The smallest absolute Gasteiger partial charge is 0 e. The van der Waals surface area contributed by atoms with Gasteiger partial charge >= 0.3 is 0 Å². The van der Waals surface area contributed by atoms with Crippen LogP contribution in [0.15, 0.2) is 24.3 Å². The van der Waals surface area contributed by atoms with Crippen LogP contribution in [0.3, 0.4) is 0 Å². The second kappa shape index (κ2) is 11.3. The van der Waals surface area contributed by atoms with E-state index in [-0.39, 0.29) is 94.9 Å². The van der Waals surface area contributed by atoms with Crippen LogP contribution in [-0.2, 0) is 32.7 Å². The van der Waals surface area contributed by atoms with Gasteiger partial charge in [-0.05, 0) is 0 Å². The first-order chi connectivity index (χ1) is 3.39. The molecule has 0 unspecified atom stereocenters. The van der Waals surface area contributed by atoms with Gasteiger partial charge in [0.2, 0.25) is 0 Å². The fourth-order valence-corrected chi connectivity index (χ4v) is 0.431. The molecule has 0 bridgehead atoms. The van der Waals surface area contributed by atoms with Crippen molar-refractivity contribution in [3.63, 3.8) is 0 Å². The summed E-state index contributed by atoms with van der Waals surface area (Å²) >= 11 is 0. The molecule has 0 aliphatic rings. The predicted octanol–water partition coefficient (Wildman–Crippen LogP) is 1.67. The van der Waals surface area contributed by atoms with Crippen molar-refractivity contribution in [3.05, 3.63) is 42.8 Å². The average Bonchev–Trinajstić information content (AvgIpc) is 1.69. The summed E-state index contributed by atoms with van der Waals surface area (Å²) in [6.45, 7) is 3.66. The third-order valence-electron chi connectivity index (χ3n) is 0.773. The van der Waals surface area contributed by atoms with Crippen molar-refractivity contribution in [1.82, 2.24) is 0 Å². The minimum absolute atomic E-state index is 0. The molecule has 0 nitrogen and oxygen atoms in total. The monoisotopic (exact) mass is 655 g/mol. The third-order valence-corrected chi connectivity index (χ3v) is 0.773. The van der Waals surface area contributed by atoms with Crippen LogP contribution in [0.1, 0.15) is 5.56 Å². The number of hydrogen-bond donors (Lipinski definition) is 0. The Morgan fingerprint density at radius 2 is 1.80 bits per heavy atom. The first kappa shape index (κ1) is 18.2. The van der Waals surface area contributed by atoms with E-state index in [0.717, 1.165) is 5.56 Å². The first-order valence-corrected chi connectivity index (χ1v) is 2.18. The van der Waals surface area contributed by atoms with Crippen molar-refractivity contribution in [2.45, 2.75) is 0 Å². The molecule has 3 heteroatoms. The standard InChI is InChI=1S/C7H6.2U.Y/c1-7-5-3-2-4-6-7;;;/h2-5H,1H2;;;/q-2;;;. The van der Waals surface area contributed by atoms with Crippen molar-refractivity contribution >= 4 is 0 Å². The molecule has 1 radical (unpaired) electrons. The Morgan fingerprint density at radius 1 is 1.20 bits per heavy atom. The van der Waals surface area contributed by atoms with Gasteiger partial charge in [0.05, 0.1) is 0 Å². The summed E-state index contributed by atoms with van der Waals surface area (Å²) in [7, 11) is 0. The molecule has 0 N–H and O–H groups in total. The minimum Gasteiger partial charge on any atom is -0.374 e. The van der Waals surface area contributed by atoms with Crippen LogP contribution in [0, 0.1) is 75.2 Å². The number of rotatable bonds is 0. The maximum Gasteiger partial charge on any atom is 0 e. The van der Waals surface area contributed by atoms with Gasteiger partial charge in [-0.2, -0.15) is 12.1 Å². The Kier molecular flexibility index (Phi) is 20.5. The molecule has 0 aliphatic carbocycles. The van der Waals surface area contributed by atoms with Crippen molar-refractivity contribution in [1.29, 1.82) is 0 Å². The topological polar surface area (TPSA) is 0 Å². The van der Waals surface area contributed by atoms with Crippen LogP contribution in [-0.4, -0.2) is 0 Å². The molecule has 1 aromatic carbocycles. The molecule has 0 atom stereocenters.